The molecule has 0 unspecified atom stereocenters. The molecule has 1 aliphatic rings. The van der Waals surface area contributed by atoms with Crippen molar-refractivity contribution in [3.8, 4) is 11.5 Å². The minimum atomic E-state index is -4.38. The maximum Gasteiger partial charge on any atom is 0.416 e. The number of hydrogen-bond donors (Lipinski definition) is 1. The van der Waals surface area contributed by atoms with Crippen LogP contribution < -0.4 is 14.8 Å². The molecule has 0 spiro atoms. The summed E-state index contributed by atoms with van der Waals surface area (Å²) in [6, 6.07) is 7.29. The Balaban J connectivity index is 1.76. The van der Waals surface area contributed by atoms with E-state index in [-0.39, 0.29) is 12.6 Å². The van der Waals surface area contributed by atoms with Crippen LogP contribution in [0.1, 0.15) is 11.1 Å². The van der Waals surface area contributed by atoms with Gasteiger partial charge in [-0.2, -0.15) is 13.2 Å². The number of aromatic nitrogens is 1. The van der Waals surface area contributed by atoms with Gasteiger partial charge in [-0.05, 0) is 18.2 Å². The van der Waals surface area contributed by atoms with Gasteiger partial charge >= 0.3 is 6.18 Å². The lowest BCUT2D eigenvalue weighted by Gasteiger charge is -2.10. The third-order valence-corrected chi connectivity index (χ3v) is 3.03. The molecule has 0 amide bonds. The normalized spacial score (nSPS) is 13.3. The Morgan fingerprint density at radius 2 is 2.05 bits per heavy atom. The highest BCUT2D eigenvalue weighted by molar-refractivity contribution is 5.50. The van der Waals surface area contributed by atoms with Crippen molar-refractivity contribution in [2.24, 2.45) is 0 Å². The number of nitrogens with one attached hydrogen (secondary N) is 1. The number of halogens is 3. The van der Waals surface area contributed by atoms with E-state index in [0.717, 1.165) is 23.9 Å². The van der Waals surface area contributed by atoms with Gasteiger partial charge in [0.15, 0.2) is 11.5 Å². The van der Waals surface area contributed by atoms with E-state index in [4.69, 9.17) is 9.47 Å². The average Bonchev–Trinajstić information content (AvgIpc) is 2.93. The number of fused-ring (bicyclic) bond motifs is 1. The van der Waals surface area contributed by atoms with Crippen LogP contribution in [0.5, 0.6) is 11.5 Å². The Labute approximate surface area is 118 Å². The molecule has 1 aromatic heterocycles. The van der Waals surface area contributed by atoms with Gasteiger partial charge in [0.25, 0.3) is 0 Å². The molecule has 2 heterocycles. The highest BCUT2D eigenvalue weighted by Crippen LogP contribution is 2.35. The lowest BCUT2D eigenvalue weighted by atomic mass is 10.2. The van der Waals surface area contributed by atoms with E-state index in [2.05, 4.69) is 10.3 Å². The van der Waals surface area contributed by atoms with E-state index in [1.807, 2.05) is 6.07 Å². The molecule has 2 aromatic rings. The first-order chi connectivity index (χ1) is 10.0. The summed E-state index contributed by atoms with van der Waals surface area (Å²) < 4.78 is 48.4. The van der Waals surface area contributed by atoms with Gasteiger partial charge < -0.3 is 14.8 Å². The monoisotopic (exact) mass is 296 g/mol. The lowest BCUT2D eigenvalue weighted by Crippen LogP contribution is -2.08. The fourth-order valence-electron chi connectivity index (χ4n) is 2.02. The van der Waals surface area contributed by atoms with Gasteiger partial charge in [0.1, 0.15) is 5.82 Å². The molecule has 110 valence electrons. The largest absolute Gasteiger partial charge is 0.454 e. The molecule has 0 saturated carbocycles. The molecule has 21 heavy (non-hydrogen) atoms. The van der Waals surface area contributed by atoms with Crippen LogP contribution in [-0.2, 0) is 12.7 Å². The maximum absolute atomic E-state index is 12.6. The third kappa shape index (κ3) is 2.86. The second-order valence-electron chi connectivity index (χ2n) is 4.43. The van der Waals surface area contributed by atoms with Crippen LogP contribution in [0.4, 0.5) is 19.0 Å². The van der Waals surface area contributed by atoms with Crippen molar-refractivity contribution in [1.82, 2.24) is 4.98 Å². The molecule has 3 rings (SSSR count). The Morgan fingerprint density at radius 3 is 2.86 bits per heavy atom. The number of pyridine rings is 1. The Bertz CT molecular complexity index is 659. The van der Waals surface area contributed by atoms with E-state index < -0.39 is 11.7 Å². The molecule has 0 saturated heterocycles. The summed E-state index contributed by atoms with van der Waals surface area (Å²) >= 11 is 0. The highest BCUT2D eigenvalue weighted by atomic mass is 19.4. The van der Waals surface area contributed by atoms with Crippen molar-refractivity contribution in [2.45, 2.75) is 12.7 Å². The zero-order chi connectivity index (χ0) is 14.9. The summed E-state index contributed by atoms with van der Waals surface area (Å²) in [5, 5.41) is 2.86. The molecule has 0 aliphatic carbocycles. The van der Waals surface area contributed by atoms with Crippen LogP contribution >= 0.6 is 0 Å². The molecule has 0 fully saturated rings. The number of hydrogen-bond acceptors (Lipinski definition) is 4. The molecule has 4 nitrogen and oxygen atoms in total. The summed E-state index contributed by atoms with van der Waals surface area (Å²) in [6.07, 6.45) is -3.26. The van der Waals surface area contributed by atoms with Crippen molar-refractivity contribution in [3.05, 3.63) is 47.7 Å². The van der Waals surface area contributed by atoms with E-state index in [1.54, 1.807) is 12.1 Å². The molecular weight excluding hydrogens is 285 g/mol. The van der Waals surface area contributed by atoms with Crippen molar-refractivity contribution >= 4 is 5.82 Å². The molecule has 0 radical (unpaired) electrons. The summed E-state index contributed by atoms with van der Waals surface area (Å²) in [4.78, 5) is 3.88. The third-order valence-electron chi connectivity index (χ3n) is 3.03. The Kier molecular flexibility index (Phi) is 3.32. The van der Waals surface area contributed by atoms with E-state index >= 15 is 0 Å². The minimum absolute atomic E-state index is 0.147. The number of alkyl halides is 3. The smallest absolute Gasteiger partial charge is 0.416 e. The first kappa shape index (κ1) is 13.5. The fraction of sp³-hybridized carbons (Fsp3) is 0.214. The van der Waals surface area contributed by atoms with Gasteiger partial charge in [0, 0.05) is 18.3 Å². The Hall–Kier alpha value is -2.44. The van der Waals surface area contributed by atoms with E-state index in [9.17, 15) is 13.2 Å². The zero-order valence-electron chi connectivity index (χ0n) is 10.8. The molecule has 1 aliphatic heterocycles. The van der Waals surface area contributed by atoms with E-state index in [0.29, 0.717) is 18.0 Å². The van der Waals surface area contributed by atoms with E-state index in [1.165, 1.54) is 0 Å². The molecule has 1 aromatic carbocycles. The molecule has 0 atom stereocenters. The predicted octanol–water partition coefficient (Wildman–Crippen LogP) is 3.44. The van der Waals surface area contributed by atoms with Crippen LogP contribution in [-0.4, -0.2) is 11.8 Å². The SMILES string of the molecule is FC(F)(F)c1ccnc(NCc2cccc3c2OCO3)c1. The van der Waals surface area contributed by atoms with Gasteiger partial charge in [0.05, 0.1) is 5.56 Å². The van der Waals surface area contributed by atoms with Crippen LogP contribution in [0.25, 0.3) is 0 Å². The first-order valence-corrected chi connectivity index (χ1v) is 6.18. The van der Waals surface area contributed by atoms with Crippen LogP contribution in [0, 0.1) is 0 Å². The van der Waals surface area contributed by atoms with Gasteiger partial charge in [-0.15, -0.1) is 0 Å². The molecular formula is C14H11F3N2O2. The standard InChI is InChI=1S/C14H11F3N2O2/c15-14(16,17)10-4-5-18-12(6-10)19-7-9-2-1-3-11-13(9)21-8-20-11/h1-6H,7-8H2,(H,18,19). The number of nitrogens with zero attached hydrogens (tertiary/aromatic N) is 1. The number of ether oxygens (including phenoxy) is 2. The lowest BCUT2D eigenvalue weighted by molar-refractivity contribution is -0.137. The quantitative estimate of drug-likeness (QED) is 0.942. The van der Waals surface area contributed by atoms with Crippen molar-refractivity contribution in [1.29, 1.82) is 0 Å². The minimum Gasteiger partial charge on any atom is -0.454 e. The number of benzene rings is 1. The molecule has 0 bridgehead atoms. The maximum atomic E-state index is 12.6. The summed E-state index contributed by atoms with van der Waals surface area (Å²) in [5.41, 5.74) is 0.0575. The number of para-hydroxylation sites is 1. The highest BCUT2D eigenvalue weighted by Gasteiger charge is 2.30. The Morgan fingerprint density at radius 1 is 1.19 bits per heavy atom. The fourth-order valence-corrected chi connectivity index (χ4v) is 2.02. The number of rotatable bonds is 3. The first-order valence-electron chi connectivity index (χ1n) is 6.18. The van der Waals surface area contributed by atoms with Crippen LogP contribution in [0.15, 0.2) is 36.5 Å². The second-order valence-corrected chi connectivity index (χ2v) is 4.43. The van der Waals surface area contributed by atoms with Crippen molar-refractivity contribution < 1.29 is 22.6 Å². The van der Waals surface area contributed by atoms with Gasteiger partial charge in [-0.3, -0.25) is 0 Å². The van der Waals surface area contributed by atoms with Crippen molar-refractivity contribution in [2.75, 3.05) is 12.1 Å². The van der Waals surface area contributed by atoms with Gasteiger partial charge in [-0.25, -0.2) is 4.98 Å². The average molecular weight is 296 g/mol. The molecule has 7 heteroatoms. The predicted molar refractivity (Wildman–Crippen MR) is 69.1 cm³/mol. The van der Waals surface area contributed by atoms with Crippen molar-refractivity contribution in [3.63, 3.8) is 0 Å². The summed E-state index contributed by atoms with van der Waals surface area (Å²) in [5.74, 6) is 1.39. The van der Waals surface area contributed by atoms with Crippen LogP contribution in [0.2, 0.25) is 0 Å². The number of anilines is 1. The zero-order valence-corrected chi connectivity index (χ0v) is 10.8. The summed E-state index contributed by atoms with van der Waals surface area (Å²) in [7, 11) is 0. The topological polar surface area (TPSA) is 43.4 Å². The van der Waals surface area contributed by atoms with Gasteiger partial charge in [0.2, 0.25) is 6.79 Å². The van der Waals surface area contributed by atoms with Gasteiger partial charge in [-0.1, -0.05) is 12.1 Å². The second kappa shape index (κ2) is 5.16. The molecule has 1 N–H and O–H groups in total. The van der Waals surface area contributed by atoms with Crippen LogP contribution in [0.3, 0.4) is 0 Å². The summed E-state index contributed by atoms with van der Waals surface area (Å²) in [6.45, 7) is 0.439.